The van der Waals surface area contributed by atoms with Gasteiger partial charge in [0.1, 0.15) is 19.7 Å². The second-order valence-electron chi connectivity index (χ2n) is 8.03. The van der Waals surface area contributed by atoms with E-state index in [2.05, 4.69) is 24.5 Å². The summed E-state index contributed by atoms with van der Waals surface area (Å²) in [5, 5.41) is 6.42. The van der Waals surface area contributed by atoms with E-state index in [9.17, 15) is 4.79 Å². The lowest BCUT2D eigenvalue weighted by Gasteiger charge is -2.44. The van der Waals surface area contributed by atoms with Crippen LogP contribution in [0.25, 0.3) is 0 Å². The van der Waals surface area contributed by atoms with Gasteiger partial charge in [0.25, 0.3) is 5.91 Å². The molecule has 3 atom stereocenters. The van der Waals surface area contributed by atoms with E-state index in [1.165, 1.54) is 0 Å². The predicted octanol–water partition coefficient (Wildman–Crippen LogP) is 0.501. The Bertz CT molecular complexity index is 754. The quantitative estimate of drug-likeness (QED) is 0.566. The number of rotatable bonds is 1. The van der Waals surface area contributed by atoms with E-state index in [-0.39, 0.29) is 17.6 Å². The molecular formula is C18H23BN2O3S. The van der Waals surface area contributed by atoms with Crippen molar-refractivity contribution >= 4 is 36.5 Å². The Balaban J connectivity index is 1.73. The zero-order valence-electron chi connectivity index (χ0n) is 14.8. The van der Waals surface area contributed by atoms with Crippen molar-refractivity contribution in [3.63, 3.8) is 0 Å². The van der Waals surface area contributed by atoms with Crippen molar-refractivity contribution in [2.45, 2.75) is 50.4 Å². The van der Waals surface area contributed by atoms with E-state index in [0.717, 1.165) is 36.2 Å². The first-order chi connectivity index (χ1) is 11.8. The number of carbonyl (C=O) groups excluding carboxylic acids is 1. The molecule has 3 unspecified atom stereocenters. The number of fused-ring (bicyclic) bond motifs is 2. The number of hydrogen-bond donors (Lipinski definition) is 2. The highest BCUT2D eigenvalue weighted by Crippen LogP contribution is 2.45. The average Bonchev–Trinajstić information content (AvgIpc) is 2.81. The summed E-state index contributed by atoms with van der Waals surface area (Å²) < 4.78 is 12.2. The SMILES string of the molecule is Bc1ccc2c(c1)C1(CC(C3CCOC(C)(C)C3)O2)NC(=S)NC1=O. The van der Waals surface area contributed by atoms with Crippen LogP contribution in [0.2, 0.25) is 0 Å². The topological polar surface area (TPSA) is 59.6 Å². The Labute approximate surface area is 154 Å². The van der Waals surface area contributed by atoms with Crippen LogP contribution < -0.4 is 20.8 Å². The summed E-state index contributed by atoms with van der Waals surface area (Å²) in [5.41, 5.74) is 0.990. The van der Waals surface area contributed by atoms with Gasteiger partial charge in [-0.25, -0.2) is 0 Å². The predicted molar refractivity (Wildman–Crippen MR) is 102 cm³/mol. The number of thiocarbonyl (C=S) groups is 1. The van der Waals surface area contributed by atoms with Crippen LogP contribution in [0.1, 0.15) is 38.7 Å². The summed E-state index contributed by atoms with van der Waals surface area (Å²) in [6, 6.07) is 6.02. The summed E-state index contributed by atoms with van der Waals surface area (Å²) in [6.45, 7) is 4.96. The minimum Gasteiger partial charge on any atom is -0.490 e. The molecule has 1 spiro atoms. The van der Waals surface area contributed by atoms with Crippen molar-refractivity contribution < 1.29 is 14.3 Å². The maximum atomic E-state index is 12.8. The lowest BCUT2D eigenvalue weighted by atomic mass is 9.74. The van der Waals surface area contributed by atoms with Gasteiger partial charge in [0, 0.05) is 24.5 Å². The minimum absolute atomic E-state index is 0.0440. The first kappa shape index (κ1) is 16.9. The van der Waals surface area contributed by atoms with Crippen LogP contribution in [-0.4, -0.2) is 37.2 Å². The fourth-order valence-electron chi connectivity index (χ4n) is 4.38. The van der Waals surface area contributed by atoms with Crippen molar-refractivity contribution in [1.29, 1.82) is 0 Å². The number of nitrogens with one attached hydrogen (secondary N) is 2. The summed E-state index contributed by atoms with van der Waals surface area (Å²) in [4.78, 5) is 12.8. The summed E-state index contributed by atoms with van der Waals surface area (Å²) in [6.07, 6.45) is 2.40. The van der Waals surface area contributed by atoms with Gasteiger partial charge in [-0.1, -0.05) is 17.6 Å². The minimum atomic E-state index is -0.830. The third-order valence-electron chi connectivity index (χ3n) is 5.58. The van der Waals surface area contributed by atoms with E-state index < -0.39 is 5.54 Å². The molecule has 25 heavy (non-hydrogen) atoms. The largest absolute Gasteiger partial charge is 0.490 e. The zero-order chi connectivity index (χ0) is 17.8. The second-order valence-corrected chi connectivity index (χ2v) is 8.44. The van der Waals surface area contributed by atoms with Crippen molar-refractivity contribution in [3.8, 4) is 5.75 Å². The van der Waals surface area contributed by atoms with Gasteiger partial charge in [-0.05, 0) is 45.0 Å². The van der Waals surface area contributed by atoms with Crippen molar-refractivity contribution in [2.75, 3.05) is 6.61 Å². The molecule has 0 aliphatic carbocycles. The third kappa shape index (κ3) is 2.83. The summed E-state index contributed by atoms with van der Waals surface area (Å²) in [7, 11) is 2.02. The zero-order valence-corrected chi connectivity index (χ0v) is 15.7. The highest BCUT2D eigenvalue weighted by Gasteiger charge is 2.53. The van der Waals surface area contributed by atoms with Crippen LogP contribution in [0, 0.1) is 5.92 Å². The Morgan fingerprint density at radius 3 is 2.80 bits per heavy atom. The molecule has 1 aromatic carbocycles. The molecule has 5 nitrogen and oxygen atoms in total. The Hall–Kier alpha value is -1.60. The summed E-state index contributed by atoms with van der Waals surface area (Å²) in [5.74, 6) is 1.04. The van der Waals surface area contributed by atoms with Gasteiger partial charge < -0.3 is 20.1 Å². The Morgan fingerprint density at radius 1 is 1.32 bits per heavy atom. The first-order valence-electron chi connectivity index (χ1n) is 8.84. The van der Waals surface area contributed by atoms with Gasteiger partial charge in [0.2, 0.25) is 0 Å². The lowest BCUT2D eigenvalue weighted by molar-refractivity contribution is -0.128. The smallest absolute Gasteiger partial charge is 0.256 e. The van der Waals surface area contributed by atoms with Crippen LogP contribution in [0.3, 0.4) is 0 Å². The van der Waals surface area contributed by atoms with Crippen LogP contribution in [-0.2, 0) is 15.1 Å². The van der Waals surface area contributed by atoms with Crippen molar-refractivity contribution in [2.24, 2.45) is 5.92 Å². The van der Waals surface area contributed by atoms with Crippen LogP contribution in [0.15, 0.2) is 18.2 Å². The van der Waals surface area contributed by atoms with Gasteiger partial charge in [-0.2, -0.15) is 0 Å². The van der Waals surface area contributed by atoms with Crippen LogP contribution in [0.4, 0.5) is 0 Å². The number of hydrogen-bond acceptors (Lipinski definition) is 4. The summed E-state index contributed by atoms with van der Waals surface area (Å²) >= 11 is 5.24. The number of ether oxygens (including phenoxy) is 2. The van der Waals surface area contributed by atoms with Gasteiger partial charge in [0.05, 0.1) is 5.60 Å². The molecular weight excluding hydrogens is 335 g/mol. The lowest BCUT2D eigenvalue weighted by Crippen LogP contribution is -2.53. The van der Waals surface area contributed by atoms with E-state index in [0.29, 0.717) is 17.5 Å². The molecule has 0 radical (unpaired) electrons. The van der Waals surface area contributed by atoms with Crippen LogP contribution >= 0.6 is 12.2 Å². The van der Waals surface area contributed by atoms with Gasteiger partial charge in [0.15, 0.2) is 10.7 Å². The molecule has 7 heteroatoms. The fourth-order valence-corrected chi connectivity index (χ4v) is 4.65. The Kier molecular flexibility index (Phi) is 3.85. The number of benzene rings is 1. The molecule has 3 aliphatic rings. The standard InChI is InChI=1S/C18H23BN2O3S/c1-17(2)8-10(5-6-23-17)14-9-18(15(22)20-16(25)21-18)12-7-11(19)3-4-13(12)24-14/h3-4,7,10,14H,5-6,8-9,19H2,1-2H3,(H2,20,21,22,25). The molecule has 2 fully saturated rings. The normalized spacial score (nSPS) is 33.4. The molecule has 2 saturated heterocycles. The Morgan fingerprint density at radius 2 is 2.12 bits per heavy atom. The average molecular weight is 358 g/mol. The molecule has 2 N–H and O–H groups in total. The molecule has 0 aromatic heterocycles. The van der Waals surface area contributed by atoms with Gasteiger partial charge in [-0.15, -0.1) is 0 Å². The van der Waals surface area contributed by atoms with E-state index in [1.807, 2.05) is 26.0 Å². The van der Waals surface area contributed by atoms with Gasteiger partial charge >= 0.3 is 0 Å². The third-order valence-corrected chi connectivity index (χ3v) is 5.79. The molecule has 4 rings (SSSR count). The molecule has 3 heterocycles. The van der Waals surface area contributed by atoms with E-state index in [1.54, 1.807) is 0 Å². The molecule has 3 aliphatic heterocycles. The molecule has 0 saturated carbocycles. The van der Waals surface area contributed by atoms with E-state index in [4.69, 9.17) is 21.7 Å². The fraction of sp³-hybridized carbons (Fsp3) is 0.556. The maximum absolute atomic E-state index is 12.8. The molecule has 1 amide bonds. The first-order valence-corrected chi connectivity index (χ1v) is 9.25. The molecule has 0 bridgehead atoms. The van der Waals surface area contributed by atoms with Crippen molar-refractivity contribution in [1.82, 2.24) is 10.6 Å². The van der Waals surface area contributed by atoms with Crippen LogP contribution in [0.5, 0.6) is 5.75 Å². The second kappa shape index (κ2) is 5.71. The highest BCUT2D eigenvalue weighted by atomic mass is 32.1. The van der Waals surface area contributed by atoms with Crippen molar-refractivity contribution in [3.05, 3.63) is 23.8 Å². The molecule has 132 valence electrons. The number of amides is 1. The monoisotopic (exact) mass is 358 g/mol. The molecule has 1 aromatic rings. The highest BCUT2D eigenvalue weighted by molar-refractivity contribution is 7.80. The van der Waals surface area contributed by atoms with E-state index >= 15 is 0 Å². The maximum Gasteiger partial charge on any atom is 0.256 e. The number of carbonyl (C=O) groups is 1. The van der Waals surface area contributed by atoms with Gasteiger partial charge in [-0.3, -0.25) is 4.79 Å².